The number of rotatable bonds is 10. The van der Waals surface area contributed by atoms with Crippen LogP contribution in [0.3, 0.4) is 0 Å². The second-order valence-corrected chi connectivity index (χ2v) is 14.8. The van der Waals surface area contributed by atoms with Gasteiger partial charge in [-0.05, 0) is 106 Å². The standard InChI is InChI=1S/C56H40N4/c1-4-12-40(13-5-1)43-20-30-48(31-21-43)57-49-32-22-46(23-33-49)55-56(59-54-19-11-10-18-53(54)58-55)47-28-38-52(39-29-47)60(50-34-24-44(25-35-50)41-14-6-2-7-15-41)51-36-26-45(27-37-51)42-16-8-3-9-17-42/h1-39,57H. The van der Waals surface area contributed by atoms with Crippen molar-refractivity contribution in [2.75, 3.05) is 10.2 Å². The number of benzene rings is 9. The molecule has 0 saturated carbocycles. The van der Waals surface area contributed by atoms with Crippen LogP contribution in [0.2, 0.25) is 0 Å². The van der Waals surface area contributed by atoms with Crippen molar-refractivity contribution in [2.45, 2.75) is 0 Å². The van der Waals surface area contributed by atoms with Gasteiger partial charge >= 0.3 is 0 Å². The minimum Gasteiger partial charge on any atom is -0.356 e. The van der Waals surface area contributed by atoms with Gasteiger partial charge in [0.25, 0.3) is 0 Å². The molecule has 0 amide bonds. The van der Waals surface area contributed by atoms with Gasteiger partial charge in [0.05, 0.1) is 22.4 Å². The lowest BCUT2D eigenvalue weighted by atomic mass is 10.0. The van der Waals surface area contributed by atoms with E-state index >= 15 is 0 Å². The second kappa shape index (κ2) is 16.4. The number of hydrogen-bond acceptors (Lipinski definition) is 4. The molecule has 1 aromatic heterocycles. The summed E-state index contributed by atoms with van der Waals surface area (Å²) in [5.41, 5.74) is 17.7. The molecule has 0 spiro atoms. The quantitative estimate of drug-likeness (QED) is 0.150. The SMILES string of the molecule is c1ccc(-c2ccc(Nc3ccc(-c4nc5ccccc5nc4-c4ccc(N(c5ccc(-c6ccccc6)cc5)c5ccc(-c6ccccc6)cc5)cc4)cc3)cc2)cc1. The number of aromatic nitrogens is 2. The van der Waals surface area contributed by atoms with Crippen molar-refractivity contribution in [2.24, 2.45) is 0 Å². The molecule has 4 nitrogen and oxygen atoms in total. The maximum absolute atomic E-state index is 5.22. The zero-order chi connectivity index (χ0) is 40.1. The lowest BCUT2D eigenvalue weighted by Crippen LogP contribution is -2.10. The van der Waals surface area contributed by atoms with E-state index in [1.807, 2.05) is 30.3 Å². The van der Waals surface area contributed by atoms with Crippen molar-refractivity contribution in [1.82, 2.24) is 9.97 Å². The van der Waals surface area contributed by atoms with Crippen LogP contribution in [0.25, 0.3) is 66.9 Å². The Bertz CT molecular complexity index is 2900. The number of nitrogens with zero attached hydrogens (tertiary/aromatic N) is 3. The smallest absolute Gasteiger partial charge is 0.0973 e. The number of para-hydroxylation sites is 2. The molecule has 0 unspecified atom stereocenters. The highest BCUT2D eigenvalue weighted by Gasteiger charge is 2.17. The van der Waals surface area contributed by atoms with Crippen LogP contribution in [0.15, 0.2) is 237 Å². The fourth-order valence-corrected chi connectivity index (χ4v) is 7.74. The minimum absolute atomic E-state index is 0.837. The molecule has 284 valence electrons. The van der Waals surface area contributed by atoms with Gasteiger partial charge in [0.2, 0.25) is 0 Å². The molecule has 0 atom stereocenters. The monoisotopic (exact) mass is 768 g/mol. The minimum atomic E-state index is 0.837. The van der Waals surface area contributed by atoms with Gasteiger partial charge in [-0.2, -0.15) is 0 Å². The van der Waals surface area contributed by atoms with Crippen molar-refractivity contribution in [3.8, 4) is 55.9 Å². The van der Waals surface area contributed by atoms with E-state index in [0.717, 1.165) is 62.0 Å². The third-order valence-corrected chi connectivity index (χ3v) is 10.9. The summed E-state index contributed by atoms with van der Waals surface area (Å²) >= 11 is 0. The predicted octanol–water partition coefficient (Wildman–Crippen LogP) is 15.2. The molecule has 0 aliphatic heterocycles. The van der Waals surface area contributed by atoms with Crippen LogP contribution >= 0.6 is 0 Å². The van der Waals surface area contributed by atoms with Crippen molar-refractivity contribution >= 4 is 39.5 Å². The average molecular weight is 769 g/mol. The van der Waals surface area contributed by atoms with Gasteiger partial charge in [-0.25, -0.2) is 9.97 Å². The Kier molecular flexibility index (Phi) is 9.92. The van der Waals surface area contributed by atoms with Crippen LogP contribution < -0.4 is 10.2 Å². The Morgan fingerprint density at radius 2 is 0.517 bits per heavy atom. The summed E-state index contributed by atoms with van der Waals surface area (Å²) in [6.45, 7) is 0. The molecule has 0 aliphatic rings. The normalized spacial score (nSPS) is 11.0. The third-order valence-electron chi connectivity index (χ3n) is 10.9. The van der Waals surface area contributed by atoms with E-state index in [1.165, 1.54) is 33.4 Å². The zero-order valence-corrected chi connectivity index (χ0v) is 32.9. The summed E-state index contributed by atoms with van der Waals surface area (Å²) in [6, 6.07) is 82.8. The first-order valence-electron chi connectivity index (χ1n) is 20.2. The fraction of sp³-hybridized carbons (Fsp3) is 0. The van der Waals surface area contributed by atoms with Gasteiger partial charge in [0.15, 0.2) is 0 Å². The van der Waals surface area contributed by atoms with Crippen molar-refractivity contribution < 1.29 is 0 Å². The fourth-order valence-electron chi connectivity index (χ4n) is 7.74. The Hall–Kier alpha value is -8.08. The Labute approximate surface area is 350 Å². The van der Waals surface area contributed by atoms with E-state index < -0.39 is 0 Å². The van der Waals surface area contributed by atoms with Gasteiger partial charge < -0.3 is 10.2 Å². The summed E-state index contributed by atoms with van der Waals surface area (Å²) in [5, 5.41) is 3.56. The third kappa shape index (κ3) is 7.66. The van der Waals surface area contributed by atoms with Crippen LogP contribution in [0, 0.1) is 0 Å². The molecular formula is C56H40N4. The molecular weight excluding hydrogens is 729 g/mol. The largest absolute Gasteiger partial charge is 0.356 e. The van der Waals surface area contributed by atoms with E-state index in [-0.39, 0.29) is 0 Å². The van der Waals surface area contributed by atoms with Gasteiger partial charge in [0, 0.05) is 39.6 Å². The highest BCUT2D eigenvalue weighted by molar-refractivity contribution is 5.88. The van der Waals surface area contributed by atoms with E-state index in [4.69, 9.17) is 9.97 Å². The van der Waals surface area contributed by atoms with E-state index in [0.29, 0.717) is 0 Å². The number of nitrogens with one attached hydrogen (secondary N) is 1. The van der Waals surface area contributed by atoms with E-state index in [2.05, 4.69) is 216 Å². The van der Waals surface area contributed by atoms with Gasteiger partial charge in [-0.1, -0.05) is 164 Å². The molecule has 0 fully saturated rings. The lowest BCUT2D eigenvalue weighted by molar-refractivity contribution is 1.27. The average Bonchev–Trinajstić information content (AvgIpc) is 3.33. The lowest BCUT2D eigenvalue weighted by Gasteiger charge is -2.26. The Morgan fingerprint density at radius 1 is 0.250 bits per heavy atom. The maximum atomic E-state index is 5.22. The highest BCUT2D eigenvalue weighted by Crippen LogP contribution is 2.39. The first-order valence-corrected chi connectivity index (χ1v) is 20.2. The van der Waals surface area contributed by atoms with Crippen LogP contribution in [0.4, 0.5) is 28.4 Å². The molecule has 0 radical (unpaired) electrons. The van der Waals surface area contributed by atoms with Crippen molar-refractivity contribution in [3.63, 3.8) is 0 Å². The number of fused-ring (bicyclic) bond motifs is 1. The summed E-state index contributed by atoms with van der Waals surface area (Å²) in [7, 11) is 0. The number of anilines is 5. The van der Waals surface area contributed by atoms with Crippen molar-refractivity contribution in [1.29, 1.82) is 0 Å². The Balaban J connectivity index is 0.976. The highest BCUT2D eigenvalue weighted by atomic mass is 15.1. The molecule has 10 rings (SSSR count). The predicted molar refractivity (Wildman–Crippen MR) is 251 cm³/mol. The van der Waals surface area contributed by atoms with E-state index in [9.17, 15) is 0 Å². The molecule has 1 heterocycles. The topological polar surface area (TPSA) is 41.1 Å². The summed E-state index contributed by atoms with van der Waals surface area (Å²) in [5.74, 6) is 0. The second-order valence-electron chi connectivity index (χ2n) is 14.8. The number of hydrogen-bond donors (Lipinski definition) is 1. The summed E-state index contributed by atoms with van der Waals surface area (Å²) < 4.78 is 0. The molecule has 0 bridgehead atoms. The van der Waals surface area contributed by atoms with Gasteiger partial charge in [0.1, 0.15) is 0 Å². The van der Waals surface area contributed by atoms with Gasteiger partial charge in [-0.3, -0.25) is 0 Å². The molecule has 4 heteroatoms. The zero-order valence-electron chi connectivity index (χ0n) is 32.9. The first kappa shape index (κ1) is 36.3. The van der Waals surface area contributed by atoms with E-state index in [1.54, 1.807) is 0 Å². The van der Waals surface area contributed by atoms with Crippen LogP contribution in [0.5, 0.6) is 0 Å². The maximum Gasteiger partial charge on any atom is 0.0973 e. The van der Waals surface area contributed by atoms with Gasteiger partial charge in [-0.15, -0.1) is 0 Å². The first-order chi connectivity index (χ1) is 29.7. The van der Waals surface area contributed by atoms with Crippen LogP contribution in [-0.4, -0.2) is 9.97 Å². The molecule has 10 aromatic rings. The summed E-state index contributed by atoms with van der Waals surface area (Å²) in [4.78, 5) is 12.7. The van der Waals surface area contributed by atoms with Crippen LogP contribution in [-0.2, 0) is 0 Å². The molecule has 0 saturated heterocycles. The Morgan fingerprint density at radius 3 is 0.867 bits per heavy atom. The van der Waals surface area contributed by atoms with Crippen molar-refractivity contribution in [3.05, 3.63) is 237 Å². The molecule has 60 heavy (non-hydrogen) atoms. The summed E-state index contributed by atoms with van der Waals surface area (Å²) in [6.07, 6.45) is 0. The molecule has 1 N–H and O–H groups in total. The molecule has 0 aliphatic carbocycles. The molecule has 9 aromatic carbocycles. The van der Waals surface area contributed by atoms with Crippen LogP contribution in [0.1, 0.15) is 0 Å².